The van der Waals surface area contributed by atoms with Crippen LogP contribution in [-0.2, 0) is 0 Å². The third-order valence-electron chi connectivity index (χ3n) is 2.60. The molecule has 0 bridgehead atoms. The fourth-order valence-electron chi connectivity index (χ4n) is 1.90. The van der Waals surface area contributed by atoms with Crippen LogP contribution in [0.25, 0.3) is 0 Å². The number of hydrazine groups is 1. The summed E-state index contributed by atoms with van der Waals surface area (Å²) in [6.07, 6.45) is 4.25. The topological polar surface area (TPSA) is 57.6 Å². The van der Waals surface area contributed by atoms with E-state index in [4.69, 9.17) is 0 Å². The SMILES string of the molecule is O=C1NN2CCCN=C2c2ccncc21. The summed E-state index contributed by atoms with van der Waals surface area (Å²) in [5.74, 6) is 0.761. The largest absolute Gasteiger partial charge is 0.272 e. The molecule has 15 heavy (non-hydrogen) atoms. The van der Waals surface area contributed by atoms with Crippen molar-refractivity contribution in [3.05, 3.63) is 29.6 Å². The normalized spacial score (nSPS) is 18.8. The molecule has 0 aromatic carbocycles. The summed E-state index contributed by atoms with van der Waals surface area (Å²) < 4.78 is 0. The zero-order chi connectivity index (χ0) is 10.3. The van der Waals surface area contributed by atoms with Crippen LogP contribution in [0.3, 0.4) is 0 Å². The Bertz CT molecular complexity index is 454. The molecule has 1 N–H and O–H groups in total. The van der Waals surface area contributed by atoms with Gasteiger partial charge in [0.1, 0.15) is 0 Å². The van der Waals surface area contributed by atoms with Crippen LogP contribution in [0.2, 0.25) is 0 Å². The van der Waals surface area contributed by atoms with Gasteiger partial charge in [-0.25, -0.2) is 0 Å². The second kappa shape index (κ2) is 3.05. The van der Waals surface area contributed by atoms with Gasteiger partial charge in [0.2, 0.25) is 0 Å². The highest BCUT2D eigenvalue weighted by Crippen LogP contribution is 2.18. The first kappa shape index (κ1) is 8.40. The summed E-state index contributed by atoms with van der Waals surface area (Å²) in [4.78, 5) is 20.1. The summed E-state index contributed by atoms with van der Waals surface area (Å²) in [5, 5.41) is 1.81. The molecule has 2 aliphatic rings. The number of carbonyl (C=O) groups excluding carboxylic acids is 1. The highest BCUT2D eigenvalue weighted by atomic mass is 16.2. The van der Waals surface area contributed by atoms with Gasteiger partial charge in [-0.3, -0.25) is 25.2 Å². The van der Waals surface area contributed by atoms with Crippen LogP contribution in [0.1, 0.15) is 22.3 Å². The number of fused-ring (bicyclic) bond motifs is 3. The van der Waals surface area contributed by atoms with Gasteiger partial charge in [-0.2, -0.15) is 0 Å². The van der Waals surface area contributed by atoms with Crippen LogP contribution in [0.15, 0.2) is 23.5 Å². The Morgan fingerprint density at radius 2 is 2.33 bits per heavy atom. The molecule has 0 fully saturated rings. The van der Waals surface area contributed by atoms with Gasteiger partial charge in [-0.15, -0.1) is 0 Å². The Hall–Kier alpha value is -1.91. The van der Waals surface area contributed by atoms with Crippen molar-refractivity contribution in [2.45, 2.75) is 6.42 Å². The van der Waals surface area contributed by atoms with Gasteiger partial charge in [-0.05, 0) is 12.5 Å². The van der Waals surface area contributed by atoms with Crippen LogP contribution in [0, 0.1) is 0 Å². The van der Waals surface area contributed by atoms with E-state index in [2.05, 4.69) is 15.4 Å². The van der Waals surface area contributed by atoms with Crippen LogP contribution >= 0.6 is 0 Å². The van der Waals surface area contributed by atoms with Crippen molar-refractivity contribution < 1.29 is 4.79 Å². The number of rotatable bonds is 0. The summed E-state index contributed by atoms with van der Waals surface area (Å²) in [7, 11) is 0. The number of pyridine rings is 1. The van der Waals surface area contributed by atoms with Gasteiger partial charge in [0, 0.05) is 31.0 Å². The number of aromatic nitrogens is 1. The molecule has 5 heteroatoms. The number of amidine groups is 1. The summed E-state index contributed by atoms with van der Waals surface area (Å²) in [5.41, 5.74) is 4.29. The van der Waals surface area contributed by atoms with Crippen molar-refractivity contribution in [1.82, 2.24) is 15.4 Å². The fraction of sp³-hybridized carbons (Fsp3) is 0.300. The lowest BCUT2D eigenvalue weighted by Crippen LogP contribution is -2.53. The lowest BCUT2D eigenvalue weighted by Gasteiger charge is -2.33. The van der Waals surface area contributed by atoms with E-state index in [0.717, 1.165) is 30.9 Å². The van der Waals surface area contributed by atoms with E-state index in [-0.39, 0.29) is 5.91 Å². The van der Waals surface area contributed by atoms with Gasteiger partial charge in [0.05, 0.1) is 5.56 Å². The molecule has 76 valence electrons. The summed E-state index contributed by atoms with van der Waals surface area (Å²) >= 11 is 0. The molecule has 0 radical (unpaired) electrons. The number of nitrogens with zero attached hydrogens (tertiary/aromatic N) is 3. The average molecular weight is 202 g/mol. The minimum atomic E-state index is -0.0982. The third kappa shape index (κ3) is 1.20. The predicted molar refractivity (Wildman–Crippen MR) is 54.4 cm³/mol. The fourth-order valence-corrected chi connectivity index (χ4v) is 1.90. The molecule has 0 spiro atoms. The smallest absolute Gasteiger partial charge is 0.268 e. The molecule has 0 saturated heterocycles. The number of hydrogen-bond acceptors (Lipinski definition) is 4. The number of hydrogen-bond donors (Lipinski definition) is 1. The molecule has 5 nitrogen and oxygen atoms in total. The molecule has 1 amide bonds. The Labute approximate surface area is 86.8 Å². The minimum absolute atomic E-state index is 0.0982. The van der Waals surface area contributed by atoms with Gasteiger partial charge < -0.3 is 0 Å². The predicted octanol–water partition coefficient (Wildman–Crippen LogP) is 0.192. The molecule has 1 aromatic rings. The number of amides is 1. The summed E-state index contributed by atoms with van der Waals surface area (Å²) in [6.45, 7) is 1.65. The minimum Gasteiger partial charge on any atom is -0.268 e. The van der Waals surface area contributed by atoms with Crippen molar-refractivity contribution in [3.63, 3.8) is 0 Å². The van der Waals surface area contributed by atoms with Crippen molar-refractivity contribution in [3.8, 4) is 0 Å². The van der Waals surface area contributed by atoms with Crippen molar-refractivity contribution in [1.29, 1.82) is 0 Å². The molecular formula is C10H10N4O. The van der Waals surface area contributed by atoms with Gasteiger partial charge in [0.15, 0.2) is 5.84 Å². The molecule has 3 rings (SSSR count). The Morgan fingerprint density at radius 1 is 1.40 bits per heavy atom. The Kier molecular flexibility index (Phi) is 1.71. The van der Waals surface area contributed by atoms with Gasteiger partial charge >= 0.3 is 0 Å². The molecule has 2 aliphatic heterocycles. The molecule has 0 aliphatic carbocycles. The molecule has 0 saturated carbocycles. The molecule has 0 unspecified atom stereocenters. The van der Waals surface area contributed by atoms with Gasteiger partial charge in [0.25, 0.3) is 5.91 Å². The zero-order valence-corrected chi connectivity index (χ0v) is 8.10. The first-order valence-electron chi connectivity index (χ1n) is 4.93. The maximum absolute atomic E-state index is 11.7. The van der Waals surface area contributed by atoms with E-state index in [1.165, 1.54) is 0 Å². The quantitative estimate of drug-likeness (QED) is 0.653. The first-order valence-corrected chi connectivity index (χ1v) is 4.93. The van der Waals surface area contributed by atoms with E-state index < -0.39 is 0 Å². The Balaban J connectivity index is 2.18. The molecular weight excluding hydrogens is 192 g/mol. The monoisotopic (exact) mass is 202 g/mol. The lowest BCUT2D eigenvalue weighted by atomic mass is 10.1. The van der Waals surface area contributed by atoms with Crippen LogP contribution in [0.5, 0.6) is 0 Å². The molecule has 1 aromatic heterocycles. The lowest BCUT2D eigenvalue weighted by molar-refractivity contribution is 0.0854. The Morgan fingerprint density at radius 3 is 3.27 bits per heavy atom. The van der Waals surface area contributed by atoms with Crippen molar-refractivity contribution in [2.75, 3.05) is 13.1 Å². The highest BCUT2D eigenvalue weighted by molar-refractivity contribution is 6.13. The second-order valence-electron chi connectivity index (χ2n) is 3.57. The number of carbonyl (C=O) groups is 1. The van der Waals surface area contributed by atoms with Crippen LogP contribution in [-0.4, -0.2) is 34.8 Å². The maximum atomic E-state index is 11.7. The molecule has 0 atom stereocenters. The standard InChI is InChI=1S/C10H10N4O/c15-10-8-6-11-4-2-7(8)9-12-3-1-5-14(9)13-10/h2,4,6H,1,3,5H2,(H,13,15). The van der Waals surface area contributed by atoms with E-state index in [0.29, 0.717) is 5.56 Å². The summed E-state index contributed by atoms with van der Waals surface area (Å²) in [6, 6.07) is 1.84. The zero-order valence-electron chi connectivity index (χ0n) is 8.10. The third-order valence-corrected chi connectivity index (χ3v) is 2.60. The van der Waals surface area contributed by atoms with E-state index in [1.807, 2.05) is 11.1 Å². The number of nitrogens with one attached hydrogen (secondary N) is 1. The first-order chi connectivity index (χ1) is 7.36. The maximum Gasteiger partial charge on any atom is 0.272 e. The van der Waals surface area contributed by atoms with Crippen LogP contribution in [0.4, 0.5) is 0 Å². The number of aliphatic imine (C=N–C) groups is 1. The van der Waals surface area contributed by atoms with Crippen molar-refractivity contribution >= 4 is 11.7 Å². The average Bonchev–Trinajstić information content (AvgIpc) is 2.30. The van der Waals surface area contributed by atoms with E-state index >= 15 is 0 Å². The van der Waals surface area contributed by atoms with Gasteiger partial charge in [-0.1, -0.05) is 0 Å². The van der Waals surface area contributed by atoms with E-state index in [1.54, 1.807) is 12.4 Å². The molecule has 3 heterocycles. The second-order valence-corrected chi connectivity index (χ2v) is 3.57. The van der Waals surface area contributed by atoms with Crippen molar-refractivity contribution in [2.24, 2.45) is 4.99 Å². The highest BCUT2D eigenvalue weighted by Gasteiger charge is 2.28. The van der Waals surface area contributed by atoms with E-state index in [9.17, 15) is 4.79 Å². The van der Waals surface area contributed by atoms with Crippen LogP contribution < -0.4 is 5.43 Å².